The van der Waals surface area contributed by atoms with Crippen LogP contribution >= 0.6 is 11.8 Å². The fourth-order valence-corrected chi connectivity index (χ4v) is 5.74. The predicted molar refractivity (Wildman–Crippen MR) is 144 cm³/mol. The molecule has 3 aromatic carbocycles. The summed E-state index contributed by atoms with van der Waals surface area (Å²) >= 11 is 1.11. The van der Waals surface area contributed by atoms with Gasteiger partial charge in [0.1, 0.15) is 16.8 Å². The number of nitrogens with one attached hydrogen (secondary N) is 1. The van der Waals surface area contributed by atoms with E-state index in [0.717, 1.165) is 58.9 Å². The van der Waals surface area contributed by atoms with Crippen molar-refractivity contribution < 1.29 is 22.7 Å². The predicted octanol–water partition coefficient (Wildman–Crippen LogP) is 5.84. The van der Waals surface area contributed by atoms with Crippen molar-refractivity contribution in [2.75, 3.05) is 17.2 Å². The number of amides is 1. The first-order chi connectivity index (χ1) is 18.8. The number of para-hydroxylation sites is 2. The Bertz CT molecular complexity index is 1760. The zero-order chi connectivity index (χ0) is 27.1. The molecule has 0 atom stereocenters. The summed E-state index contributed by atoms with van der Waals surface area (Å²) in [5.41, 5.74) is 3.29. The highest BCUT2D eigenvalue weighted by molar-refractivity contribution is 7.99. The topological polar surface area (TPSA) is 80.2 Å². The first-order valence-corrected chi connectivity index (χ1v) is 13.2. The Hall–Kier alpha value is -4.25. The maximum atomic E-state index is 13.7. The summed E-state index contributed by atoms with van der Waals surface area (Å²) < 4.78 is 43.3. The van der Waals surface area contributed by atoms with Crippen LogP contribution in [0.5, 0.6) is 5.75 Å². The molecule has 5 aromatic rings. The van der Waals surface area contributed by atoms with E-state index in [0.29, 0.717) is 17.7 Å². The van der Waals surface area contributed by atoms with E-state index in [2.05, 4.69) is 9.72 Å². The quantitative estimate of drug-likeness (QED) is 0.220. The van der Waals surface area contributed by atoms with Gasteiger partial charge >= 0.3 is 6.36 Å². The van der Waals surface area contributed by atoms with Gasteiger partial charge in [-0.3, -0.25) is 14.2 Å². The van der Waals surface area contributed by atoms with E-state index in [1.54, 1.807) is 4.90 Å². The third-order valence-corrected chi connectivity index (χ3v) is 7.48. The molecule has 1 N–H and O–H groups in total. The van der Waals surface area contributed by atoms with Crippen molar-refractivity contribution in [2.45, 2.75) is 24.4 Å². The average molecular weight is 551 g/mol. The van der Waals surface area contributed by atoms with Gasteiger partial charge in [0.2, 0.25) is 5.91 Å². The number of anilines is 1. The number of benzene rings is 3. The van der Waals surface area contributed by atoms with Crippen LogP contribution in [0.3, 0.4) is 0 Å². The van der Waals surface area contributed by atoms with Crippen LogP contribution in [0.4, 0.5) is 18.9 Å². The second-order valence-corrected chi connectivity index (χ2v) is 9.98. The molecule has 0 aliphatic carbocycles. The average Bonchev–Trinajstić information content (AvgIpc) is 3.30. The summed E-state index contributed by atoms with van der Waals surface area (Å²) in [4.78, 5) is 36.7. The van der Waals surface area contributed by atoms with Gasteiger partial charge in [-0.05, 0) is 54.8 Å². The molecule has 1 amide bonds. The summed E-state index contributed by atoms with van der Waals surface area (Å²) in [5.74, 6) is -0.517. The van der Waals surface area contributed by atoms with Crippen LogP contribution < -0.4 is 15.2 Å². The molecule has 1 aliphatic rings. The van der Waals surface area contributed by atoms with E-state index in [1.807, 2.05) is 48.5 Å². The van der Waals surface area contributed by atoms with Crippen LogP contribution in [-0.4, -0.2) is 39.1 Å². The number of nitrogens with zero attached hydrogens (tertiary/aromatic N) is 3. The van der Waals surface area contributed by atoms with E-state index in [-0.39, 0.29) is 22.3 Å². The molecule has 11 heteroatoms. The Morgan fingerprint density at radius 1 is 1.03 bits per heavy atom. The third kappa shape index (κ3) is 4.85. The summed E-state index contributed by atoms with van der Waals surface area (Å²) in [6, 6.07) is 20.1. The lowest BCUT2D eigenvalue weighted by Crippen LogP contribution is -2.36. The summed E-state index contributed by atoms with van der Waals surface area (Å²) in [7, 11) is 0. The maximum absolute atomic E-state index is 13.7. The largest absolute Gasteiger partial charge is 0.573 e. The van der Waals surface area contributed by atoms with E-state index in [9.17, 15) is 22.8 Å². The van der Waals surface area contributed by atoms with Gasteiger partial charge in [-0.2, -0.15) is 0 Å². The van der Waals surface area contributed by atoms with Crippen LogP contribution in [0.15, 0.2) is 82.7 Å². The van der Waals surface area contributed by atoms with Gasteiger partial charge in [0.15, 0.2) is 5.16 Å². The van der Waals surface area contributed by atoms with Crippen molar-refractivity contribution in [3.05, 3.63) is 88.7 Å². The number of H-pyrrole nitrogens is 1. The lowest BCUT2D eigenvalue weighted by atomic mass is 10.0. The molecule has 0 saturated carbocycles. The molecule has 0 radical (unpaired) electrons. The minimum Gasteiger partial charge on any atom is -0.406 e. The van der Waals surface area contributed by atoms with Gasteiger partial charge in [-0.15, -0.1) is 13.2 Å². The number of hydrogen-bond donors (Lipinski definition) is 1. The molecule has 39 heavy (non-hydrogen) atoms. The normalized spacial score (nSPS) is 13.6. The number of halogens is 3. The van der Waals surface area contributed by atoms with Gasteiger partial charge in [0.25, 0.3) is 5.56 Å². The highest BCUT2D eigenvalue weighted by Crippen LogP contribution is 2.30. The molecule has 1 aliphatic heterocycles. The first kappa shape index (κ1) is 25.1. The summed E-state index contributed by atoms with van der Waals surface area (Å²) in [5, 5.41) is 1.00. The van der Waals surface area contributed by atoms with Crippen LogP contribution in [0.2, 0.25) is 0 Å². The molecule has 6 rings (SSSR count). The van der Waals surface area contributed by atoms with Gasteiger partial charge in [-0.1, -0.05) is 48.2 Å². The Morgan fingerprint density at radius 2 is 1.77 bits per heavy atom. The monoisotopic (exact) mass is 550 g/mol. The number of thioether (sulfide) groups is 1. The molecule has 3 heterocycles. The second kappa shape index (κ2) is 9.81. The molecule has 0 fully saturated rings. The third-order valence-electron chi connectivity index (χ3n) is 6.56. The number of fused-ring (bicyclic) bond motifs is 4. The van der Waals surface area contributed by atoms with Crippen molar-refractivity contribution in [1.29, 1.82) is 0 Å². The lowest BCUT2D eigenvalue weighted by Gasteiger charge is -2.29. The highest BCUT2D eigenvalue weighted by atomic mass is 32.2. The van der Waals surface area contributed by atoms with Crippen molar-refractivity contribution in [3.8, 4) is 11.4 Å². The Labute approximate surface area is 224 Å². The van der Waals surface area contributed by atoms with Crippen molar-refractivity contribution >= 4 is 45.3 Å². The van der Waals surface area contributed by atoms with E-state index in [1.165, 1.54) is 16.7 Å². The van der Waals surface area contributed by atoms with E-state index < -0.39 is 17.7 Å². The molecule has 0 spiro atoms. The minimum atomic E-state index is -4.84. The highest BCUT2D eigenvalue weighted by Gasteiger charge is 2.31. The standard InChI is InChI=1S/C28H21F3N4O3S/c29-28(30,31)38-19-13-11-18(12-14-19)35-26(37)25-24(20-8-2-3-9-21(20)32-25)33-27(35)39-16-23(36)34-15-5-7-17-6-1-4-10-22(17)34/h1-4,6,8-14,32H,5,7,15-16H2. The number of ether oxygens (including phenoxy) is 1. The SMILES string of the molecule is O=C(CSc1nc2c([nH]c3ccccc32)c(=O)n1-c1ccc(OC(F)(F)F)cc1)N1CCCc2ccccc21. The van der Waals surface area contributed by atoms with Crippen LogP contribution in [0, 0.1) is 0 Å². The van der Waals surface area contributed by atoms with Gasteiger partial charge in [-0.25, -0.2) is 4.98 Å². The number of aromatic amines is 1. The second-order valence-electron chi connectivity index (χ2n) is 9.04. The minimum absolute atomic E-state index is 0.0178. The molecule has 7 nitrogen and oxygen atoms in total. The zero-order valence-electron chi connectivity index (χ0n) is 20.4. The molecular weight excluding hydrogens is 529 g/mol. The Kier molecular flexibility index (Phi) is 6.30. The fourth-order valence-electron chi connectivity index (χ4n) is 4.86. The molecule has 0 saturated heterocycles. The number of carbonyl (C=O) groups is 1. The maximum Gasteiger partial charge on any atom is 0.573 e. The van der Waals surface area contributed by atoms with E-state index in [4.69, 9.17) is 4.98 Å². The molecule has 0 unspecified atom stereocenters. The van der Waals surface area contributed by atoms with Gasteiger partial charge in [0, 0.05) is 23.1 Å². The van der Waals surface area contributed by atoms with Crippen molar-refractivity contribution in [2.24, 2.45) is 0 Å². The number of hydrogen-bond acceptors (Lipinski definition) is 5. The van der Waals surface area contributed by atoms with Crippen LogP contribution in [0.25, 0.3) is 27.6 Å². The fraction of sp³-hybridized carbons (Fsp3) is 0.179. The number of carbonyl (C=O) groups excluding carboxylic acids is 1. The number of alkyl halides is 3. The van der Waals surface area contributed by atoms with Crippen LogP contribution in [0.1, 0.15) is 12.0 Å². The summed E-state index contributed by atoms with van der Waals surface area (Å²) in [6.45, 7) is 0.596. The van der Waals surface area contributed by atoms with Crippen molar-refractivity contribution in [3.63, 3.8) is 0 Å². The Balaban J connectivity index is 1.40. The summed E-state index contributed by atoms with van der Waals surface area (Å²) in [6.07, 6.45) is -3.08. The van der Waals surface area contributed by atoms with Crippen LogP contribution in [-0.2, 0) is 11.2 Å². The lowest BCUT2D eigenvalue weighted by molar-refractivity contribution is -0.274. The van der Waals surface area contributed by atoms with Gasteiger partial charge in [0.05, 0.1) is 11.4 Å². The number of aromatic nitrogens is 3. The number of aryl methyl sites for hydroxylation is 1. The molecule has 198 valence electrons. The smallest absolute Gasteiger partial charge is 0.406 e. The van der Waals surface area contributed by atoms with Crippen molar-refractivity contribution in [1.82, 2.24) is 14.5 Å². The van der Waals surface area contributed by atoms with Gasteiger partial charge < -0.3 is 14.6 Å². The Morgan fingerprint density at radius 3 is 2.56 bits per heavy atom. The first-order valence-electron chi connectivity index (χ1n) is 12.2. The molecule has 2 aromatic heterocycles. The number of rotatable bonds is 5. The van der Waals surface area contributed by atoms with E-state index >= 15 is 0 Å². The zero-order valence-corrected chi connectivity index (χ0v) is 21.2. The molecule has 0 bridgehead atoms. The molecular formula is C28H21F3N4O3S.